The summed E-state index contributed by atoms with van der Waals surface area (Å²) in [4.78, 5) is 23.1. The number of hydrogen-bond donors (Lipinski definition) is 2. The summed E-state index contributed by atoms with van der Waals surface area (Å²) in [5.74, 6) is 0.819. The van der Waals surface area contributed by atoms with Gasteiger partial charge in [-0.05, 0) is 12.1 Å². The first-order chi connectivity index (χ1) is 12.9. The number of aliphatic imine (C=N–C) groups is 1. The van der Waals surface area contributed by atoms with E-state index in [4.69, 9.17) is 4.98 Å². The van der Waals surface area contributed by atoms with Crippen LogP contribution in [0.1, 0.15) is 37.9 Å². The van der Waals surface area contributed by atoms with Gasteiger partial charge in [-0.2, -0.15) is 0 Å². The first-order valence-corrected chi connectivity index (χ1v) is 10.0. The van der Waals surface area contributed by atoms with Crippen molar-refractivity contribution in [1.82, 2.24) is 15.6 Å². The van der Waals surface area contributed by atoms with Crippen LogP contribution in [0.25, 0.3) is 0 Å². The molecule has 1 saturated heterocycles. The number of hydrogen-bond acceptors (Lipinski definition) is 4. The Kier molecular flexibility index (Phi) is 7.82. The van der Waals surface area contributed by atoms with Crippen molar-refractivity contribution < 1.29 is 4.79 Å². The van der Waals surface area contributed by atoms with Gasteiger partial charge >= 0.3 is 0 Å². The highest BCUT2D eigenvalue weighted by atomic mass is 127. The Bertz CT molecular complexity index is 816. The Morgan fingerprint density at radius 3 is 2.64 bits per heavy atom. The molecule has 0 spiro atoms. The fraction of sp³-hybridized carbons (Fsp3) is 0.450. The summed E-state index contributed by atoms with van der Waals surface area (Å²) in [5.41, 5.74) is 2.10. The number of nitrogens with one attached hydrogen (secondary N) is 2. The third-order valence-corrected chi connectivity index (χ3v) is 5.33. The summed E-state index contributed by atoms with van der Waals surface area (Å²) in [5, 5.41) is 9.80. The number of benzene rings is 1. The molecule has 6 nitrogen and oxygen atoms in total. The lowest BCUT2D eigenvalue weighted by Crippen LogP contribution is -2.44. The molecule has 2 heterocycles. The first kappa shape index (κ1) is 22.6. The fourth-order valence-electron chi connectivity index (χ4n) is 2.95. The van der Waals surface area contributed by atoms with E-state index < -0.39 is 0 Å². The summed E-state index contributed by atoms with van der Waals surface area (Å²) in [6.07, 6.45) is 0.459. The molecule has 1 fully saturated rings. The Labute approximate surface area is 187 Å². The van der Waals surface area contributed by atoms with Gasteiger partial charge in [-0.3, -0.25) is 9.79 Å². The SMILES string of the molecule is CN=C(NCc1nc(C(C)(C)C)cs1)NC1CC(=O)N(c2ccccc2)C1.I. The van der Waals surface area contributed by atoms with Gasteiger partial charge in [-0.1, -0.05) is 39.0 Å². The minimum Gasteiger partial charge on any atom is -0.351 e. The van der Waals surface area contributed by atoms with Gasteiger partial charge in [0, 0.05) is 36.5 Å². The molecule has 152 valence electrons. The van der Waals surface area contributed by atoms with Gasteiger partial charge in [0.05, 0.1) is 18.3 Å². The van der Waals surface area contributed by atoms with Crippen molar-refractivity contribution >= 4 is 52.9 Å². The average Bonchev–Trinajstić information content (AvgIpc) is 3.26. The predicted molar refractivity (Wildman–Crippen MR) is 127 cm³/mol. The number of nitrogens with zero attached hydrogens (tertiary/aromatic N) is 3. The molecule has 1 aliphatic heterocycles. The van der Waals surface area contributed by atoms with Crippen LogP contribution < -0.4 is 15.5 Å². The lowest BCUT2D eigenvalue weighted by molar-refractivity contribution is -0.117. The number of amides is 1. The standard InChI is InChI=1S/C20H27N5OS.HI/c1-20(2,3)16-13-27-17(24-16)11-22-19(21-4)23-14-10-18(26)25(12-14)15-8-6-5-7-9-15;/h5-9,13-14H,10-12H2,1-4H3,(H2,21,22,23);1H. The van der Waals surface area contributed by atoms with Crippen LogP contribution in [0.2, 0.25) is 0 Å². The van der Waals surface area contributed by atoms with Crippen molar-refractivity contribution in [2.24, 2.45) is 4.99 Å². The molecule has 8 heteroatoms. The van der Waals surface area contributed by atoms with Crippen LogP contribution in [0.15, 0.2) is 40.7 Å². The molecule has 1 aromatic heterocycles. The van der Waals surface area contributed by atoms with Crippen molar-refractivity contribution in [3.63, 3.8) is 0 Å². The maximum Gasteiger partial charge on any atom is 0.229 e. The van der Waals surface area contributed by atoms with E-state index in [1.807, 2.05) is 35.2 Å². The average molecular weight is 513 g/mol. The van der Waals surface area contributed by atoms with Gasteiger partial charge in [-0.25, -0.2) is 4.98 Å². The molecule has 0 radical (unpaired) electrons. The van der Waals surface area contributed by atoms with E-state index >= 15 is 0 Å². The van der Waals surface area contributed by atoms with Crippen LogP contribution in [0.5, 0.6) is 0 Å². The van der Waals surface area contributed by atoms with Crippen molar-refractivity contribution in [2.45, 2.75) is 45.2 Å². The largest absolute Gasteiger partial charge is 0.351 e. The summed E-state index contributed by atoms with van der Waals surface area (Å²) in [6, 6.07) is 9.80. The van der Waals surface area contributed by atoms with Crippen molar-refractivity contribution in [3.8, 4) is 0 Å². The second-order valence-electron chi connectivity index (χ2n) is 7.69. The van der Waals surface area contributed by atoms with Crippen LogP contribution in [-0.2, 0) is 16.8 Å². The monoisotopic (exact) mass is 513 g/mol. The van der Waals surface area contributed by atoms with Gasteiger partial charge in [0.2, 0.25) is 5.91 Å². The molecule has 0 saturated carbocycles. The van der Waals surface area contributed by atoms with E-state index in [0.29, 0.717) is 25.5 Å². The summed E-state index contributed by atoms with van der Waals surface area (Å²) >= 11 is 1.65. The molecule has 1 aromatic carbocycles. The van der Waals surface area contributed by atoms with E-state index in [-0.39, 0.29) is 41.3 Å². The highest BCUT2D eigenvalue weighted by molar-refractivity contribution is 14.0. The maximum absolute atomic E-state index is 12.3. The van der Waals surface area contributed by atoms with Crippen LogP contribution in [-0.4, -0.2) is 36.5 Å². The second-order valence-corrected chi connectivity index (χ2v) is 8.63. The zero-order chi connectivity index (χ0) is 19.4. The number of thiazole rings is 1. The third-order valence-electron chi connectivity index (χ3n) is 4.48. The topological polar surface area (TPSA) is 69.6 Å². The zero-order valence-electron chi connectivity index (χ0n) is 16.7. The number of para-hydroxylation sites is 1. The summed E-state index contributed by atoms with van der Waals surface area (Å²) in [6.45, 7) is 7.73. The second kappa shape index (κ2) is 9.69. The van der Waals surface area contributed by atoms with Gasteiger partial charge in [0.15, 0.2) is 5.96 Å². The summed E-state index contributed by atoms with van der Waals surface area (Å²) in [7, 11) is 1.74. The molecular weight excluding hydrogens is 485 g/mol. The van der Waals surface area contributed by atoms with E-state index in [9.17, 15) is 4.79 Å². The molecule has 0 aliphatic carbocycles. The highest BCUT2D eigenvalue weighted by Gasteiger charge is 2.31. The van der Waals surface area contributed by atoms with Gasteiger partial charge in [-0.15, -0.1) is 35.3 Å². The quantitative estimate of drug-likeness (QED) is 0.373. The van der Waals surface area contributed by atoms with Crippen molar-refractivity contribution in [2.75, 3.05) is 18.5 Å². The molecule has 1 unspecified atom stereocenters. The van der Waals surface area contributed by atoms with Gasteiger partial charge in [0.25, 0.3) is 0 Å². The van der Waals surface area contributed by atoms with Crippen LogP contribution in [0, 0.1) is 0 Å². The molecule has 1 atom stereocenters. The van der Waals surface area contributed by atoms with Crippen molar-refractivity contribution in [1.29, 1.82) is 0 Å². The molecule has 1 aliphatic rings. The van der Waals surface area contributed by atoms with Crippen LogP contribution >= 0.6 is 35.3 Å². The Hall–Kier alpha value is -1.68. The number of carbonyl (C=O) groups excluding carboxylic acids is 1. The normalized spacial score (nSPS) is 17.4. The highest BCUT2D eigenvalue weighted by Crippen LogP contribution is 2.24. The fourth-order valence-corrected chi connectivity index (χ4v) is 3.91. The molecule has 1 amide bonds. The van der Waals surface area contributed by atoms with Crippen LogP contribution in [0.4, 0.5) is 5.69 Å². The summed E-state index contributed by atoms with van der Waals surface area (Å²) < 4.78 is 0. The molecule has 2 N–H and O–H groups in total. The number of halogens is 1. The van der Waals surface area contributed by atoms with E-state index in [1.54, 1.807) is 18.4 Å². The molecule has 0 bridgehead atoms. The predicted octanol–water partition coefficient (Wildman–Crippen LogP) is 3.53. The zero-order valence-corrected chi connectivity index (χ0v) is 19.9. The van der Waals surface area contributed by atoms with Gasteiger partial charge in [0.1, 0.15) is 5.01 Å². The number of anilines is 1. The van der Waals surface area contributed by atoms with Crippen molar-refractivity contribution in [3.05, 3.63) is 46.4 Å². The molecule has 2 aromatic rings. The molecule has 28 heavy (non-hydrogen) atoms. The third kappa shape index (κ3) is 5.66. The number of carbonyl (C=O) groups is 1. The number of aromatic nitrogens is 1. The Morgan fingerprint density at radius 1 is 1.32 bits per heavy atom. The number of rotatable bonds is 4. The molecule has 3 rings (SSSR count). The smallest absolute Gasteiger partial charge is 0.229 e. The minimum atomic E-state index is 0. The van der Waals surface area contributed by atoms with E-state index in [0.717, 1.165) is 16.4 Å². The van der Waals surface area contributed by atoms with E-state index in [2.05, 4.69) is 41.8 Å². The maximum atomic E-state index is 12.3. The lowest BCUT2D eigenvalue weighted by atomic mass is 9.93. The lowest BCUT2D eigenvalue weighted by Gasteiger charge is -2.18. The number of guanidine groups is 1. The first-order valence-electron chi connectivity index (χ1n) is 9.14. The molecular formula is C20H28IN5OS. The Morgan fingerprint density at radius 2 is 2.04 bits per heavy atom. The van der Waals surface area contributed by atoms with E-state index in [1.165, 1.54) is 0 Å². The minimum absolute atomic E-state index is 0. The Balaban J connectivity index is 0.00000280. The van der Waals surface area contributed by atoms with Crippen LogP contribution in [0.3, 0.4) is 0 Å². The van der Waals surface area contributed by atoms with Gasteiger partial charge < -0.3 is 15.5 Å².